The van der Waals surface area contributed by atoms with Gasteiger partial charge in [-0.25, -0.2) is 0 Å². The van der Waals surface area contributed by atoms with Crippen molar-refractivity contribution in [1.29, 1.82) is 0 Å². The predicted octanol–water partition coefficient (Wildman–Crippen LogP) is 1.79. The van der Waals surface area contributed by atoms with Crippen LogP contribution in [0.15, 0.2) is 24.3 Å². The van der Waals surface area contributed by atoms with E-state index in [9.17, 15) is 5.11 Å². The van der Waals surface area contributed by atoms with E-state index in [0.29, 0.717) is 6.10 Å². The Labute approximate surface area is 96.6 Å². The summed E-state index contributed by atoms with van der Waals surface area (Å²) in [5.74, 6) is 0. The summed E-state index contributed by atoms with van der Waals surface area (Å²) in [7, 11) is 1.77. The maximum atomic E-state index is 9.31. The Balaban J connectivity index is 2.16. The molecule has 88 valence electrons. The van der Waals surface area contributed by atoms with Gasteiger partial charge in [-0.05, 0) is 18.9 Å². The van der Waals surface area contributed by atoms with Crippen molar-refractivity contribution >= 4 is 5.69 Å². The highest BCUT2D eigenvalue weighted by Gasteiger charge is 2.20. The summed E-state index contributed by atoms with van der Waals surface area (Å²) < 4.78 is 5.41. The molecule has 0 radical (unpaired) electrons. The van der Waals surface area contributed by atoms with Crippen molar-refractivity contribution in [2.24, 2.45) is 0 Å². The van der Waals surface area contributed by atoms with Gasteiger partial charge in [-0.1, -0.05) is 18.2 Å². The van der Waals surface area contributed by atoms with E-state index in [4.69, 9.17) is 4.74 Å². The van der Waals surface area contributed by atoms with Gasteiger partial charge in [0.15, 0.2) is 0 Å². The normalized spacial score (nSPS) is 21.1. The van der Waals surface area contributed by atoms with E-state index in [1.165, 1.54) is 0 Å². The van der Waals surface area contributed by atoms with Crippen molar-refractivity contribution in [1.82, 2.24) is 0 Å². The van der Waals surface area contributed by atoms with Gasteiger partial charge in [-0.15, -0.1) is 0 Å². The minimum absolute atomic E-state index is 0.102. The zero-order chi connectivity index (χ0) is 11.4. The first-order chi connectivity index (χ1) is 7.85. The number of hydrogen-bond donors (Lipinski definition) is 1. The number of piperidine rings is 1. The molecule has 0 amide bonds. The first-order valence-corrected chi connectivity index (χ1v) is 5.81. The van der Waals surface area contributed by atoms with Crippen molar-refractivity contribution in [2.75, 3.05) is 25.1 Å². The molecule has 1 heterocycles. The molecule has 1 fully saturated rings. The number of aliphatic hydroxyl groups is 1. The van der Waals surface area contributed by atoms with Crippen LogP contribution in [0.1, 0.15) is 18.4 Å². The van der Waals surface area contributed by atoms with Crippen molar-refractivity contribution in [2.45, 2.75) is 25.6 Å². The number of nitrogens with zero attached hydrogens (tertiary/aromatic N) is 1. The Morgan fingerprint density at radius 3 is 3.00 bits per heavy atom. The summed E-state index contributed by atoms with van der Waals surface area (Å²) in [5, 5.41) is 9.31. The molecule has 1 aliphatic rings. The van der Waals surface area contributed by atoms with Crippen molar-refractivity contribution in [3.05, 3.63) is 29.8 Å². The third-order valence-electron chi connectivity index (χ3n) is 3.21. The lowest BCUT2D eigenvalue weighted by Gasteiger charge is -2.34. The number of anilines is 1. The van der Waals surface area contributed by atoms with Crippen LogP contribution in [0.4, 0.5) is 5.69 Å². The largest absolute Gasteiger partial charge is 0.392 e. The summed E-state index contributed by atoms with van der Waals surface area (Å²) in [4.78, 5) is 2.31. The molecule has 3 heteroatoms. The van der Waals surface area contributed by atoms with E-state index in [1.54, 1.807) is 7.11 Å². The summed E-state index contributed by atoms with van der Waals surface area (Å²) in [6.45, 7) is 2.08. The maximum Gasteiger partial charge on any atom is 0.0746 e. The molecule has 1 aliphatic heterocycles. The highest BCUT2D eigenvalue weighted by molar-refractivity contribution is 5.53. The Kier molecular flexibility index (Phi) is 3.80. The van der Waals surface area contributed by atoms with Gasteiger partial charge in [-0.2, -0.15) is 0 Å². The van der Waals surface area contributed by atoms with Crippen molar-refractivity contribution in [3.8, 4) is 0 Å². The van der Waals surface area contributed by atoms with Crippen LogP contribution in [0.3, 0.4) is 0 Å². The summed E-state index contributed by atoms with van der Waals surface area (Å²) >= 11 is 0. The lowest BCUT2D eigenvalue weighted by molar-refractivity contribution is 0.0892. The van der Waals surface area contributed by atoms with Crippen LogP contribution < -0.4 is 4.90 Å². The Morgan fingerprint density at radius 2 is 2.25 bits per heavy atom. The average molecular weight is 221 g/mol. The van der Waals surface area contributed by atoms with Gasteiger partial charge in [0, 0.05) is 31.5 Å². The van der Waals surface area contributed by atoms with E-state index in [1.807, 2.05) is 18.2 Å². The molecule has 0 aliphatic carbocycles. The minimum Gasteiger partial charge on any atom is -0.392 e. The fraction of sp³-hybridized carbons (Fsp3) is 0.538. The molecule has 1 atom stereocenters. The van der Waals surface area contributed by atoms with Crippen LogP contribution in [0.2, 0.25) is 0 Å². The second-order valence-corrected chi connectivity index (χ2v) is 4.23. The molecule has 0 saturated carbocycles. The van der Waals surface area contributed by atoms with Crippen LogP contribution in [0.5, 0.6) is 0 Å². The number of rotatable bonds is 3. The molecule has 1 saturated heterocycles. The summed E-state index contributed by atoms with van der Waals surface area (Å²) in [5.41, 5.74) is 2.14. The predicted molar refractivity (Wildman–Crippen MR) is 64.6 cm³/mol. The second kappa shape index (κ2) is 5.32. The van der Waals surface area contributed by atoms with E-state index in [0.717, 1.165) is 37.2 Å². The number of ether oxygens (including phenoxy) is 1. The van der Waals surface area contributed by atoms with Crippen LogP contribution >= 0.6 is 0 Å². The molecule has 1 aromatic rings. The van der Waals surface area contributed by atoms with Crippen molar-refractivity contribution < 1.29 is 9.84 Å². The second-order valence-electron chi connectivity index (χ2n) is 4.23. The maximum absolute atomic E-state index is 9.31. The molecule has 0 aromatic heterocycles. The monoisotopic (exact) mass is 221 g/mol. The molecular formula is C13H19NO2. The Morgan fingerprint density at radius 1 is 1.44 bits per heavy atom. The summed E-state index contributed by atoms with van der Waals surface area (Å²) in [6.07, 6.45) is 2.60. The summed E-state index contributed by atoms with van der Waals surface area (Å²) in [6, 6.07) is 8.03. The van der Waals surface area contributed by atoms with E-state index in [2.05, 4.69) is 11.0 Å². The number of methoxy groups -OCH3 is 1. The first kappa shape index (κ1) is 11.4. The van der Waals surface area contributed by atoms with Crippen LogP contribution in [0, 0.1) is 0 Å². The molecule has 0 spiro atoms. The molecule has 1 unspecified atom stereocenters. The van der Waals surface area contributed by atoms with Gasteiger partial charge in [0.05, 0.1) is 12.7 Å². The molecule has 3 nitrogen and oxygen atoms in total. The highest BCUT2D eigenvalue weighted by atomic mass is 16.5. The SMILES string of the molecule is COC1CCCN(c2ccccc2CO)C1. The number of benzene rings is 1. The lowest BCUT2D eigenvalue weighted by Crippen LogP contribution is -2.39. The molecule has 16 heavy (non-hydrogen) atoms. The standard InChI is InChI=1S/C13H19NO2/c1-16-12-6-4-8-14(9-12)13-7-3-2-5-11(13)10-15/h2-3,5,7,12,15H,4,6,8-10H2,1H3. The molecule has 1 N–H and O–H groups in total. The van der Waals surface area contributed by atoms with Crippen LogP contribution in [-0.2, 0) is 11.3 Å². The first-order valence-electron chi connectivity index (χ1n) is 5.81. The van der Waals surface area contributed by atoms with E-state index < -0.39 is 0 Å². The van der Waals surface area contributed by atoms with Gasteiger partial charge in [-0.3, -0.25) is 0 Å². The molecule has 2 rings (SSSR count). The molecular weight excluding hydrogens is 202 g/mol. The van der Waals surface area contributed by atoms with Crippen LogP contribution in [0.25, 0.3) is 0 Å². The third-order valence-corrected chi connectivity index (χ3v) is 3.21. The zero-order valence-corrected chi connectivity index (χ0v) is 9.72. The average Bonchev–Trinajstić information content (AvgIpc) is 2.38. The number of hydrogen-bond acceptors (Lipinski definition) is 3. The zero-order valence-electron chi connectivity index (χ0n) is 9.72. The van der Waals surface area contributed by atoms with Gasteiger partial charge < -0.3 is 14.7 Å². The third kappa shape index (κ3) is 2.36. The number of aliphatic hydroxyl groups excluding tert-OH is 1. The molecule has 0 bridgehead atoms. The van der Waals surface area contributed by atoms with Gasteiger partial charge >= 0.3 is 0 Å². The molecule has 1 aromatic carbocycles. The fourth-order valence-electron chi connectivity index (χ4n) is 2.30. The Bertz CT molecular complexity index is 340. The fourth-order valence-corrected chi connectivity index (χ4v) is 2.30. The van der Waals surface area contributed by atoms with Gasteiger partial charge in [0.1, 0.15) is 0 Å². The topological polar surface area (TPSA) is 32.7 Å². The van der Waals surface area contributed by atoms with Gasteiger partial charge in [0.2, 0.25) is 0 Å². The van der Waals surface area contributed by atoms with E-state index >= 15 is 0 Å². The van der Waals surface area contributed by atoms with E-state index in [-0.39, 0.29) is 6.61 Å². The quantitative estimate of drug-likeness (QED) is 0.844. The van der Waals surface area contributed by atoms with Gasteiger partial charge in [0.25, 0.3) is 0 Å². The van der Waals surface area contributed by atoms with Crippen molar-refractivity contribution in [3.63, 3.8) is 0 Å². The Hall–Kier alpha value is -1.06. The minimum atomic E-state index is 0.102. The smallest absolute Gasteiger partial charge is 0.0746 e. The lowest BCUT2D eigenvalue weighted by atomic mass is 10.1. The highest BCUT2D eigenvalue weighted by Crippen LogP contribution is 2.24. The number of para-hydroxylation sites is 1. The van der Waals surface area contributed by atoms with Crippen LogP contribution in [-0.4, -0.2) is 31.4 Å².